The van der Waals surface area contributed by atoms with Crippen molar-refractivity contribution in [1.29, 1.82) is 0 Å². The molecular formula is C15H15NO4. The highest BCUT2D eigenvalue weighted by Crippen LogP contribution is 2.25. The highest BCUT2D eigenvalue weighted by Gasteiger charge is 2.17. The number of benzene rings is 2. The van der Waals surface area contributed by atoms with Crippen LogP contribution in [0.2, 0.25) is 0 Å². The maximum absolute atomic E-state index is 12.1. The van der Waals surface area contributed by atoms with Crippen LogP contribution in [-0.4, -0.2) is 18.2 Å². The van der Waals surface area contributed by atoms with Crippen molar-refractivity contribution >= 4 is 11.7 Å². The summed E-state index contributed by atoms with van der Waals surface area (Å²) in [5.74, 6) is -0.0791. The Morgan fingerprint density at radius 1 is 1.25 bits per heavy atom. The summed E-state index contributed by atoms with van der Waals surface area (Å²) in [6.07, 6.45) is 0. The van der Waals surface area contributed by atoms with E-state index in [0.29, 0.717) is 17.0 Å². The Labute approximate surface area is 116 Å². The Morgan fingerprint density at radius 2 is 2.00 bits per heavy atom. The number of methoxy groups -OCH3 is 1. The highest BCUT2D eigenvalue weighted by atomic mass is 16.5. The van der Waals surface area contributed by atoms with Crippen LogP contribution in [-0.2, 0) is 11.3 Å². The lowest BCUT2D eigenvalue weighted by atomic mass is 10.1. The van der Waals surface area contributed by atoms with E-state index in [9.17, 15) is 9.90 Å². The molecule has 0 unspecified atom stereocenters. The molecule has 5 nitrogen and oxygen atoms in total. The SMILES string of the molecule is COc1cccc(N)c1C(=O)OCc1cccc(O)c1. The van der Waals surface area contributed by atoms with E-state index >= 15 is 0 Å². The third kappa shape index (κ3) is 3.00. The van der Waals surface area contributed by atoms with Gasteiger partial charge in [-0.05, 0) is 29.8 Å². The Hall–Kier alpha value is -2.69. The standard InChI is InChI=1S/C15H15NO4/c1-19-13-7-3-6-12(16)14(13)15(18)20-9-10-4-2-5-11(17)8-10/h2-8,17H,9,16H2,1H3. The van der Waals surface area contributed by atoms with Crippen molar-refractivity contribution in [2.75, 3.05) is 12.8 Å². The minimum Gasteiger partial charge on any atom is -0.508 e. The van der Waals surface area contributed by atoms with Crippen LogP contribution in [0, 0.1) is 0 Å². The number of esters is 1. The number of hydrogen-bond acceptors (Lipinski definition) is 5. The number of ether oxygens (including phenoxy) is 2. The second-order valence-electron chi connectivity index (χ2n) is 4.17. The number of hydrogen-bond donors (Lipinski definition) is 2. The van der Waals surface area contributed by atoms with E-state index in [1.54, 1.807) is 36.4 Å². The molecular weight excluding hydrogens is 258 g/mol. The predicted octanol–water partition coefficient (Wildman–Crippen LogP) is 2.34. The van der Waals surface area contributed by atoms with Gasteiger partial charge >= 0.3 is 5.97 Å². The quantitative estimate of drug-likeness (QED) is 0.660. The molecule has 0 aliphatic rings. The van der Waals surface area contributed by atoms with Gasteiger partial charge in [0.1, 0.15) is 23.7 Å². The molecule has 0 heterocycles. The van der Waals surface area contributed by atoms with E-state index in [4.69, 9.17) is 15.2 Å². The van der Waals surface area contributed by atoms with Gasteiger partial charge in [-0.15, -0.1) is 0 Å². The third-order valence-corrected chi connectivity index (χ3v) is 2.76. The van der Waals surface area contributed by atoms with E-state index in [0.717, 1.165) is 0 Å². The lowest BCUT2D eigenvalue weighted by Gasteiger charge is -2.11. The summed E-state index contributed by atoms with van der Waals surface area (Å²) in [6.45, 7) is 0.0464. The average Bonchev–Trinajstić information content (AvgIpc) is 2.44. The molecule has 20 heavy (non-hydrogen) atoms. The maximum Gasteiger partial charge on any atom is 0.344 e. The number of aromatic hydroxyl groups is 1. The molecule has 3 N–H and O–H groups in total. The number of carbonyl (C=O) groups excluding carboxylic acids is 1. The van der Waals surface area contributed by atoms with Crippen LogP contribution in [0.1, 0.15) is 15.9 Å². The molecule has 5 heteroatoms. The molecule has 0 spiro atoms. The lowest BCUT2D eigenvalue weighted by molar-refractivity contribution is 0.0470. The number of phenols is 1. The number of carbonyl (C=O) groups is 1. The van der Waals surface area contributed by atoms with Crippen molar-refractivity contribution in [2.45, 2.75) is 6.61 Å². The number of nitrogens with two attached hydrogens (primary N) is 1. The summed E-state index contributed by atoms with van der Waals surface area (Å²) in [5, 5.41) is 9.34. The van der Waals surface area contributed by atoms with Crippen molar-refractivity contribution in [1.82, 2.24) is 0 Å². The molecule has 0 atom stereocenters. The Bertz CT molecular complexity index is 625. The summed E-state index contributed by atoms with van der Waals surface area (Å²) < 4.78 is 10.3. The Kier molecular flexibility index (Phi) is 4.10. The van der Waals surface area contributed by atoms with Crippen molar-refractivity contribution in [3.63, 3.8) is 0 Å². The van der Waals surface area contributed by atoms with Gasteiger partial charge in [-0.1, -0.05) is 18.2 Å². The van der Waals surface area contributed by atoms with Crippen LogP contribution in [0.3, 0.4) is 0 Å². The fraction of sp³-hybridized carbons (Fsp3) is 0.133. The Morgan fingerprint density at radius 3 is 2.70 bits per heavy atom. The van der Waals surface area contributed by atoms with Gasteiger partial charge in [-0.25, -0.2) is 4.79 Å². The van der Waals surface area contributed by atoms with Crippen LogP contribution in [0.4, 0.5) is 5.69 Å². The molecule has 0 bridgehead atoms. The van der Waals surface area contributed by atoms with Gasteiger partial charge in [0.2, 0.25) is 0 Å². The smallest absolute Gasteiger partial charge is 0.344 e. The molecule has 0 saturated carbocycles. The molecule has 0 aliphatic carbocycles. The summed E-state index contributed by atoms with van der Waals surface area (Å²) in [7, 11) is 1.46. The van der Waals surface area contributed by atoms with E-state index < -0.39 is 5.97 Å². The molecule has 0 fully saturated rings. The first-order valence-electron chi connectivity index (χ1n) is 5.99. The molecule has 0 radical (unpaired) electrons. The zero-order valence-corrected chi connectivity index (χ0v) is 11.0. The van der Waals surface area contributed by atoms with Gasteiger partial charge in [0.25, 0.3) is 0 Å². The van der Waals surface area contributed by atoms with Crippen molar-refractivity contribution in [3.05, 3.63) is 53.6 Å². The average molecular weight is 273 g/mol. The number of rotatable bonds is 4. The first-order valence-corrected chi connectivity index (χ1v) is 5.99. The zero-order chi connectivity index (χ0) is 14.5. The second-order valence-corrected chi connectivity index (χ2v) is 4.17. The van der Waals surface area contributed by atoms with Crippen LogP contribution in [0.15, 0.2) is 42.5 Å². The normalized spacial score (nSPS) is 10.1. The fourth-order valence-corrected chi connectivity index (χ4v) is 1.80. The highest BCUT2D eigenvalue weighted by molar-refractivity contribution is 5.98. The monoisotopic (exact) mass is 273 g/mol. The predicted molar refractivity (Wildman–Crippen MR) is 74.6 cm³/mol. The molecule has 0 aromatic heterocycles. The molecule has 2 aromatic rings. The van der Waals surface area contributed by atoms with Gasteiger partial charge in [0.15, 0.2) is 0 Å². The second kappa shape index (κ2) is 5.97. The fourth-order valence-electron chi connectivity index (χ4n) is 1.80. The molecule has 2 rings (SSSR count). The van der Waals surface area contributed by atoms with Gasteiger partial charge in [-0.3, -0.25) is 0 Å². The minimum absolute atomic E-state index is 0.0464. The summed E-state index contributed by atoms with van der Waals surface area (Å²) >= 11 is 0. The van der Waals surface area contributed by atoms with E-state index in [-0.39, 0.29) is 17.9 Å². The largest absolute Gasteiger partial charge is 0.508 e. The molecule has 0 aliphatic heterocycles. The van der Waals surface area contributed by atoms with Crippen molar-refractivity contribution in [3.8, 4) is 11.5 Å². The van der Waals surface area contributed by atoms with Gasteiger partial charge in [0, 0.05) is 5.69 Å². The van der Waals surface area contributed by atoms with Crippen molar-refractivity contribution in [2.24, 2.45) is 0 Å². The number of phenolic OH excluding ortho intramolecular Hbond substituents is 1. The first-order chi connectivity index (χ1) is 9.61. The lowest BCUT2D eigenvalue weighted by Crippen LogP contribution is -2.10. The van der Waals surface area contributed by atoms with Gasteiger partial charge < -0.3 is 20.3 Å². The van der Waals surface area contributed by atoms with E-state index in [2.05, 4.69) is 0 Å². The minimum atomic E-state index is -0.566. The molecule has 0 amide bonds. The number of nitrogen functional groups attached to an aromatic ring is 1. The summed E-state index contributed by atoms with van der Waals surface area (Å²) in [4.78, 5) is 12.1. The van der Waals surface area contributed by atoms with Crippen LogP contribution in [0.5, 0.6) is 11.5 Å². The van der Waals surface area contributed by atoms with Crippen LogP contribution >= 0.6 is 0 Å². The zero-order valence-electron chi connectivity index (χ0n) is 11.0. The third-order valence-electron chi connectivity index (χ3n) is 2.76. The first kappa shape index (κ1) is 13.7. The summed E-state index contributed by atoms with van der Waals surface area (Å²) in [5.41, 5.74) is 6.96. The maximum atomic E-state index is 12.1. The van der Waals surface area contributed by atoms with Gasteiger partial charge in [0.05, 0.1) is 7.11 Å². The van der Waals surface area contributed by atoms with E-state index in [1.165, 1.54) is 13.2 Å². The Balaban J connectivity index is 2.13. The van der Waals surface area contributed by atoms with Crippen LogP contribution in [0.25, 0.3) is 0 Å². The van der Waals surface area contributed by atoms with Crippen molar-refractivity contribution < 1.29 is 19.4 Å². The van der Waals surface area contributed by atoms with Crippen LogP contribution < -0.4 is 10.5 Å². The van der Waals surface area contributed by atoms with Gasteiger partial charge in [-0.2, -0.15) is 0 Å². The summed E-state index contributed by atoms with van der Waals surface area (Å²) in [6, 6.07) is 11.4. The topological polar surface area (TPSA) is 81.8 Å². The molecule has 2 aromatic carbocycles. The molecule has 104 valence electrons. The molecule has 0 saturated heterocycles. The number of anilines is 1. The van der Waals surface area contributed by atoms with E-state index in [1.807, 2.05) is 0 Å².